The van der Waals surface area contributed by atoms with Crippen LogP contribution in [0.1, 0.15) is 17.3 Å². The number of halogens is 2. The fourth-order valence-corrected chi connectivity index (χ4v) is 1.40. The van der Waals surface area contributed by atoms with E-state index in [1.165, 1.54) is 12.1 Å². The van der Waals surface area contributed by atoms with Crippen LogP contribution in [0, 0.1) is 5.82 Å². The normalized spacial score (nSPS) is 10.0. The number of carbonyl (C=O) groups is 1. The number of hydrogen-bond donors (Lipinski definition) is 2. The molecule has 16 heavy (non-hydrogen) atoms. The van der Waals surface area contributed by atoms with Gasteiger partial charge >= 0.3 is 5.97 Å². The molecule has 0 radical (unpaired) electrons. The Kier molecular flexibility index (Phi) is 4.52. The highest BCUT2D eigenvalue weighted by Gasteiger charge is 2.20. The quantitative estimate of drug-likeness (QED) is 0.632. The Morgan fingerprint density at radius 1 is 1.56 bits per heavy atom. The topological polar surface area (TPSA) is 50.4 Å². The van der Waals surface area contributed by atoms with Crippen LogP contribution in [0.5, 0.6) is 0 Å². The van der Waals surface area contributed by atoms with E-state index < -0.39 is 11.8 Å². The average Bonchev–Trinajstić information content (AvgIpc) is 2.23. The monoisotopic (exact) mass is 246 g/mol. The molecule has 4 nitrogen and oxygen atoms in total. The molecule has 1 aromatic rings. The van der Waals surface area contributed by atoms with Crippen molar-refractivity contribution in [2.24, 2.45) is 0 Å². The lowest BCUT2D eigenvalue weighted by Crippen LogP contribution is -2.18. The number of hydrogen-bond acceptors (Lipinski definition) is 4. The second kappa shape index (κ2) is 5.67. The van der Waals surface area contributed by atoms with E-state index >= 15 is 0 Å². The van der Waals surface area contributed by atoms with Crippen LogP contribution in [0.25, 0.3) is 0 Å². The van der Waals surface area contributed by atoms with E-state index in [2.05, 4.69) is 10.9 Å². The van der Waals surface area contributed by atoms with Crippen LogP contribution in [-0.2, 0) is 4.74 Å². The minimum absolute atomic E-state index is 0.0256. The Bertz CT molecular complexity index is 399. The van der Waals surface area contributed by atoms with Crippen molar-refractivity contribution >= 4 is 23.3 Å². The molecule has 6 heteroatoms. The summed E-state index contributed by atoms with van der Waals surface area (Å²) in [7, 11) is 1.58. The Morgan fingerprint density at radius 3 is 2.81 bits per heavy atom. The predicted molar refractivity (Wildman–Crippen MR) is 60.0 cm³/mol. The lowest BCUT2D eigenvalue weighted by atomic mass is 10.2. The largest absolute Gasteiger partial charge is 0.462 e. The van der Waals surface area contributed by atoms with Crippen molar-refractivity contribution in [2.75, 3.05) is 19.1 Å². The number of anilines is 1. The van der Waals surface area contributed by atoms with Crippen molar-refractivity contribution in [2.45, 2.75) is 6.92 Å². The molecule has 0 unspecified atom stereocenters. The van der Waals surface area contributed by atoms with Crippen LogP contribution in [0.2, 0.25) is 5.02 Å². The van der Waals surface area contributed by atoms with Crippen LogP contribution in [0.3, 0.4) is 0 Å². The molecule has 0 fully saturated rings. The molecule has 88 valence electrons. The Hall–Kier alpha value is -1.33. The lowest BCUT2D eigenvalue weighted by Gasteiger charge is -2.10. The number of benzene rings is 1. The summed E-state index contributed by atoms with van der Waals surface area (Å²) < 4.78 is 18.5. The first-order valence-corrected chi connectivity index (χ1v) is 5.07. The SMILES string of the molecule is CCOC(=O)c1c(Cl)ccc(NNC)c1F. The number of carbonyl (C=O) groups excluding carboxylic acids is 1. The molecular weight excluding hydrogens is 235 g/mol. The molecule has 0 aliphatic heterocycles. The molecule has 0 bridgehead atoms. The van der Waals surface area contributed by atoms with Crippen molar-refractivity contribution in [3.05, 3.63) is 28.5 Å². The van der Waals surface area contributed by atoms with Gasteiger partial charge in [0.2, 0.25) is 0 Å². The Morgan fingerprint density at radius 2 is 2.25 bits per heavy atom. The third kappa shape index (κ3) is 2.62. The third-order valence-electron chi connectivity index (χ3n) is 1.83. The molecule has 0 aliphatic rings. The second-order valence-corrected chi connectivity index (χ2v) is 3.29. The zero-order valence-electron chi connectivity index (χ0n) is 8.93. The lowest BCUT2D eigenvalue weighted by molar-refractivity contribution is 0.0521. The van der Waals surface area contributed by atoms with Gasteiger partial charge in [-0.3, -0.25) is 0 Å². The molecule has 0 heterocycles. The van der Waals surface area contributed by atoms with Gasteiger partial charge in [-0.2, -0.15) is 0 Å². The van der Waals surface area contributed by atoms with Crippen LogP contribution in [-0.4, -0.2) is 19.6 Å². The smallest absolute Gasteiger partial charge is 0.342 e. The molecule has 0 aromatic heterocycles. The maximum atomic E-state index is 13.8. The first-order valence-electron chi connectivity index (χ1n) is 4.69. The molecule has 1 rings (SSSR count). The molecule has 0 saturated carbocycles. The fourth-order valence-electron chi connectivity index (χ4n) is 1.17. The number of ether oxygens (including phenoxy) is 1. The standard InChI is InChI=1S/C10H12ClFN2O2/c1-3-16-10(15)8-6(11)4-5-7(9(8)12)14-13-2/h4-5,13-14H,3H2,1-2H3. The minimum Gasteiger partial charge on any atom is -0.462 e. The maximum absolute atomic E-state index is 13.8. The highest BCUT2D eigenvalue weighted by Crippen LogP contribution is 2.25. The van der Waals surface area contributed by atoms with E-state index in [0.717, 1.165) is 0 Å². The zero-order chi connectivity index (χ0) is 12.1. The predicted octanol–water partition coefficient (Wildman–Crippen LogP) is 2.20. The fraction of sp³-hybridized carbons (Fsp3) is 0.300. The van der Waals surface area contributed by atoms with Gasteiger partial charge in [-0.1, -0.05) is 11.6 Å². The van der Waals surface area contributed by atoms with E-state index in [9.17, 15) is 9.18 Å². The summed E-state index contributed by atoms with van der Waals surface area (Å²) in [5.74, 6) is -1.51. The summed E-state index contributed by atoms with van der Waals surface area (Å²) in [4.78, 5) is 11.4. The van der Waals surface area contributed by atoms with Crippen molar-refractivity contribution < 1.29 is 13.9 Å². The van der Waals surface area contributed by atoms with E-state index in [1.807, 2.05) is 0 Å². The summed E-state index contributed by atoms with van der Waals surface area (Å²) in [5, 5.41) is 0.0256. The minimum atomic E-state index is -0.773. The molecule has 1 aromatic carbocycles. The van der Waals surface area contributed by atoms with Crippen molar-refractivity contribution in [3.8, 4) is 0 Å². The molecule has 0 aliphatic carbocycles. The summed E-state index contributed by atoms with van der Waals surface area (Å²) in [6.07, 6.45) is 0. The van der Waals surface area contributed by atoms with Crippen LogP contribution >= 0.6 is 11.6 Å². The Balaban J connectivity index is 3.15. The number of nitrogens with one attached hydrogen (secondary N) is 2. The first-order chi connectivity index (χ1) is 7.61. The number of hydrazine groups is 1. The second-order valence-electron chi connectivity index (χ2n) is 2.88. The van der Waals surface area contributed by atoms with Crippen molar-refractivity contribution in [1.29, 1.82) is 0 Å². The van der Waals surface area contributed by atoms with E-state index in [0.29, 0.717) is 0 Å². The molecule has 0 amide bonds. The van der Waals surface area contributed by atoms with Crippen LogP contribution in [0.4, 0.5) is 10.1 Å². The molecule has 0 spiro atoms. The highest BCUT2D eigenvalue weighted by molar-refractivity contribution is 6.33. The summed E-state index contributed by atoms with van der Waals surface area (Å²) >= 11 is 5.74. The van der Waals surface area contributed by atoms with E-state index in [1.54, 1.807) is 14.0 Å². The molecular formula is C10H12ClFN2O2. The zero-order valence-corrected chi connectivity index (χ0v) is 9.69. The Labute approximate surface area is 97.7 Å². The summed E-state index contributed by atoms with van der Waals surface area (Å²) in [5.41, 5.74) is 4.98. The molecule has 0 atom stereocenters. The number of rotatable bonds is 4. The van der Waals surface area contributed by atoms with Crippen LogP contribution < -0.4 is 10.9 Å². The molecule has 2 N–H and O–H groups in total. The highest BCUT2D eigenvalue weighted by atomic mass is 35.5. The maximum Gasteiger partial charge on any atom is 0.342 e. The third-order valence-corrected chi connectivity index (χ3v) is 2.15. The van der Waals surface area contributed by atoms with Gasteiger partial charge in [0.1, 0.15) is 5.56 Å². The first kappa shape index (κ1) is 12.7. The van der Waals surface area contributed by atoms with Crippen molar-refractivity contribution in [3.63, 3.8) is 0 Å². The van der Waals surface area contributed by atoms with E-state index in [4.69, 9.17) is 16.3 Å². The van der Waals surface area contributed by atoms with E-state index in [-0.39, 0.29) is 22.9 Å². The summed E-state index contributed by atoms with van der Waals surface area (Å²) in [6.45, 7) is 1.80. The summed E-state index contributed by atoms with van der Waals surface area (Å²) in [6, 6.07) is 2.85. The van der Waals surface area contributed by atoms with Gasteiger partial charge in [0.15, 0.2) is 5.82 Å². The van der Waals surface area contributed by atoms with Gasteiger partial charge < -0.3 is 10.2 Å². The van der Waals surface area contributed by atoms with Gasteiger partial charge in [-0.15, -0.1) is 0 Å². The van der Waals surface area contributed by atoms with Gasteiger partial charge in [-0.05, 0) is 19.1 Å². The number of esters is 1. The van der Waals surface area contributed by atoms with Crippen molar-refractivity contribution in [1.82, 2.24) is 5.43 Å². The van der Waals surface area contributed by atoms with Gasteiger partial charge in [0, 0.05) is 7.05 Å². The van der Waals surface area contributed by atoms with Gasteiger partial charge in [0.25, 0.3) is 0 Å². The molecule has 0 saturated heterocycles. The van der Waals surface area contributed by atoms with Crippen LogP contribution in [0.15, 0.2) is 12.1 Å². The average molecular weight is 247 g/mol. The van der Waals surface area contributed by atoms with Gasteiger partial charge in [-0.25, -0.2) is 14.6 Å². The van der Waals surface area contributed by atoms with Gasteiger partial charge in [0.05, 0.1) is 17.3 Å².